The molecule has 2 aromatic carbocycles. The van der Waals surface area contributed by atoms with E-state index in [2.05, 4.69) is 55.6 Å². The zero-order chi connectivity index (χ0) is 18.4. The molecule has 0 bridgehead atoms. The van der Waals surface area contributed by atoms with Gasteiger partial charge in [0.05, 0.1) is 13.0 Å². The second-order valence-electron chi connectivity index (χ2n) is 7.51. The van der Waals surface area contributed by atoms with Crippen LogP contribution in [0.15, 0.2) is 48.5 Å². The molecule has 1 aliphatic rings. The third-order valence-electron chi connectivity index (χ3n) is 5.46. The third-order valence-corrected chi connectivity index (χ3v) is 5.46. The van der Waals surface area contributed by atoms with Crippen LogP contribution in [0.25, 0.3) is 0 Å². The highest BCUT2D eigenvalue weighted by Crippen LogP contribution is 2.14. The van der Waals surface area contributed by atoms with Gasteiger partial charge in [0.25, 0.3) is 0 Å². The fraction of sp³-hybridized carbons (Fsp3) is 0.409. The van der Waals surface area contributed by atoms with Gasteiger partial charge in [-0.05, 0) is 37.1 Å². The summed E-state index contributed by atoms with van der Waals surface area (Å²) < 4.78 is 0. The van der Waals surface area contributed by atoms with Gasteiger partial charge in [0, 0.05) is 11.3 Å². The fourth-order valence-electron chi connectivity index (χ4n) is 3.60. The minimum atomic E-state index is 0.125. The van der Waals surface area contributed by atoms with Crippen molar-refractivity contribution in [3.05, 3.63) is 65.2 Å². The van der Waals surface area contributed by atoms with Crippen LogP contribution in [-0.2, 0) is 11.3 Å². The van der Waals surface area contributed by atoms with Crippen molar-refractivity contribution < 1.29 is 14.6 Å². The number of carbonyl (C=O) groups excluding carboxylic acids is 1. The average molecular weight is 354 g/mol. The summed E-state index contributed by atoms with van der Waals surface area (Å²) in [7, 11) is 0. The molecule has 1 amide bonds. The molecule has 2 aromatic rings. The van der Waals surface area contributed by atoms with Crippen LogP contribution in [0.5, 0.6) is 0 Å². The molecule has 138 valence electrons. The number of quaternary nitrogens is 2. The summed E-state index contributed by atoms with van der Waals surface area (Å²) in [6, 6.07) is 16.8. The lowest BCUT2D eigenvalue weighted by atomic mass is 10.1. The number of piperazine rings is 1. The largest absolute Gasteiger partial charge is 0.326 e. The number of amides is 1. The van der Waals surface area contributed by atoms with Crippen molar-refractivity contribution in [1.82, 2.24) is 0 Å². The summed E-state index contributed by atoms with van der Waals surface area (Å²) in [6.07, 6.45) is 0.594. The van der Waals surface area contributed by atoms with E-state index >= 15 is 0 Å². The second kappa shape index (κ2) is 8.97. The third kappa shape index (κ3) is 5.41. The number of anilines is 1. The first-order chi connectivity index (χ1) is 12.6. The van der Waals surface area contributed by atoms with E-state index < -0.39 is 0 Å². The van der Waals surface area contributed by atoms with E-state index in [0.29, 0.717) is 6.42 Å². The van der Waals surface area contributed by atoms with E-state index in [9.17, 15) is 4.79 Å². The molecule has 3 rings (SSSR count). The number of aryl methyl sites for hydroxylation is 2. The van der Waals surface area contributed by atoms with Crippen molar-refractivity contribution in [3.8, 4) is 0 Å². The Kier molecular flexibility index (Phi) is 6.42. The number of carbonyl (C=O) groups is 1. The fourth-order valence-corrected chi connectivity index (χ4v) is 3.60. The van der Waals surface area contributed by atoms with E-state index in [0.717, 1.165) is 31.9 Å². The Morgan fingerprint density at radius 1 is 0.923 bits per heavy atom. The Labute approximate surface area is 156 Å². The van der Waals surface area contributed by atoms with Crippen LogP contribution in [0.1, 0.15) is 23.1 Å². The van der Waals surface area contributed by atoms with E-state index in [1.165, 1.54) is 29.8 Å². The molecule has 0 saturated carbocycles. The molecular weight excluding hydrogens is 322 g/mol. The van der Waals surface area contributed by atoms with Crippen LogP contribution in [0.4, 0.5) is 5.69 Å². The number of nitrogens with one attached hydrogen (secondary N) is 3. The minimum absolute atomic E-state index is 0.125. The van der Waals surface area contributed by atoms with Gasteiger partial charge in [0.1, 0.15) is 32.7 Å². The topological polar surface area (TPSA) is 38.0 Å². The maximum Gasteiger partial charge on any atom is 0.230 e. The highest BCUT2D eigenvalue weighted by Gasteiger charge is 2.23. The quantitative estimate of drug-likeness (QED) is 0.700. The maximum atomic E-state index is 12.2. The molecule has 3 N–H and O–H groups in total. The minimum Gasteiger partial charge on any atom is -0.326 e. The van der Waals surface area contributed by atoms with Crippen molar-refractivity contribution in [2.24, 2.45) is 0 Å². The van der Waals surface area contributed by atoms with Gasteiger partial charge in [-0.3, -0.25) is 4.79 Å². The van der Waals surface area contributed by atoms with E-state index in [4.69, 9.17) is 0 Å². The Bertz CT molecular complexity index is 721. The second-order valence-corrected chi connectivity index (χ2v) is 7.51. The summed E-state index contributed by atoms with van der Waals surface area (Å²) in [5.74, 6) is 0.125. The summed E-state index contributed by atoms with van der Waals surface area (Å²) in [5, 5.41) is 3.03. The molecule has 26 heavy (non-hydrogen) atoms. The lowest BCUT2D eigenvalue weighted by Crippen LogP contribution is -3.27. The zero-order valence-corrected chi connectivity index (χ0v) is 16.0. The van der Waals surface area contributed by atoms with Crippen LogP contribution >= 0.6 is 0 Å². The van der Waals surface area contributed by atoms with E-state index in [1.807, 2.05) is 12.1 Å². The van der Waals surface area contributed by atoms with Crippen LogP contribution in [-0.4, -0.2) is 38.6 Å². The lowest BCUT2D eigenvalue weighted by molar-refractivity contribution is -1.02. The van der Waals surface area contributed by atoms with Gasteiger partial charge in [-0.15, -0.1) is 0 Å². The number of hydrogen-bond donors (Lipinski definition) is 3. The Morgan fingerprint density at radius 2 is 1.62 bits per heavy atom. The molecule has 0 aliphatic carbocycles. The molecule has 1 aliphatic heterocycles. The predicted molar refractivity (Wildman–Crippen MR) is 106 cm³/mol. The summed E-state index contributed by atoms with van der Waals surface area (Å²) in [4.78, 5) is 15.4. The van der Waals surface area contributed by atoms with Gasteiger partial charge >= 0.3 is 0 Å². The molecule has 0 aromatic heterocycles. The van der Waals surface area contributed by atoms with Gasteiger partial charge in [-0.25, -0.2) is 0 Å². The van der Waals surface area contributed by atoms with Crippen LogP contribution in [0, 0.1) is 13.8 Å². The van der Waals surface area contributed by atoms with Gasteiger partial charge in [0.2, 0.25) is 5.91 Å². The number of hydrogen-bond acceptors (Lipinski definition) is 1. The number of rotatable bonds is 6. The molecule has 1 saturated heterocycles. The lowest BCUT2D eigenvalue weighted by Gasteiger charge is -2.29. The standard InChI is InChI=1S/C22H29N3O/c1-18-8-9-21(16-19(18)2)23-22(26)10-11-24-12-14-25(15-13-24)17-20-6-4-3-5-7-20/h3-9,16H,10-15,17H2,1-2H3,(H,23,26)/p+2. The smallest absolute Gasteiger partial charge is 0.230 e. The van der Waals surface area contributed by atoms with Gasteiger partial charge in [-0.1, -0.05) is 36.4 Å². The SMILES string of the molecule is Cc1ccc(NC(=O)CC[NH+]2CC[NH+](Cc3ccccc3)CC2)cc1C. The highest BCUT2D eigenvalue weighted by molar-refractivity contribution is 5.90. The predicted octanol–water partition coefficient (Wildman–Crippen LogP) is 0.616. The highest BCUT2D eigenvalue weighted by atomic mass is 16.1. The summed E-state index contributed by atoms with van der Waals surface area (Å²) >= 11 is 0. The van der Waals surface area contributed by atoms with Crippen molar-refractivity contribution in [1.29, 1.82) is 0 Å². The Hall–Kier alpha value is -2.17. The molecule has 0 spiro atoms. The monoisotopic (exact) mass is 353 g/mol. The van der Waals surface area contributed by atoms with Crippen LogP contribution in [0.2, 0.25) is 0 Å². The molecule has 0 unspecified atom stereocenters. The molecule has 1 heterocycles. The van der Waals surface area contributed by atoms with Gasteiger partial charge in [0.15, 0.2) is 0 Å². The average Bonchev–Trinajstić information content (AvgIpc) is 2.65. The zero-order valence-electron chi connectivity index (χ0n) is 16.0. The molecular formula is C22H31N3O+2. The molecule has 0 atom stereocenters. The molecule has 0 radical (unpaired) electrons. The Morgan fingerprint density at radius 3 is 2.31 bits per heavy atom. The van der Waals surface area contributed by atoms with Crippen molar-refractivity contribution in [3.63, 3.8) is 0 Å². The first-order valence-corrected chi connectivity index (χ1v) is 9.68. The van der Waals surface area contributed by atoms with Gasteiger partial charge in [-0.2, -0.15) is 0 Å². The van der Waals surface area contributed by atoms with Crippen molar-refractivity contribution in [2.45, 2.75) is 26.8 Å². The first-order valence-electron chi connectivity index (χ1n) is 9.68. The number of benzene rings is 2. The van der Waals surface area contributed by atoms with Crippen molar-refractivity contribution >= 4 is 11.6 Å². The Balaban J connectivity index is 1.38. The van der Waals surface area contributed by atoms with Gasteiger partial charge < -0.3 is 15.1 Å². The van der Waals surface area contributed by atoms with Crippen molar-refractivity contribution in [2.75, 3.05) is 38.0 Å². The summed E-state index contributed by atoms with van der Waals surface area (Å²) in [6.45, 7) is 10.9. The summed E-state index contributed by atoms with van der Waals surface area (Å²) in [5.41, 5.74) is 4.79. The molecule has 1 fully saturated rings. The molecule has 4 nitrogen and oxygen atoms in total. The van der Waals surface area contributed by atoms with Crippen LogP contribution in [0.3, 0.4) is 0 Å². The van der Waals surface area contributed by atoms with E-state index in [1.54, 1.807) is 9.80 Å². The van der Waals surface area contributed by atoms with Crippen LogP contribution < -0.4 is 15.1 Å². The first kappa shape index (κ1) is 18.6. The normalized spacial score (nSPS) is 19.9. The molecule has 4 heteroatoms. The van der Waals surface area contributed by atoms with E-state index in [-0.39, 0.29) is 5.91 Å². The maximum absolute atomic E-state index is 12.2.